The van der Waals surface area contributed by atoms with E-state index in [0.29, 0.717) is 22.6 Å². The van der Waals surface area contributed by atoms with Gasteiger partial charge in [-0.15, -0.1) is 0 Å². The van der Waals surface area contributed by atoms with E-state index in [1.807, 2.05) is 0 Å². The summed E-state index contributed by atoms with van der Waals surface area (Å²) in [6, 6.07) is 4.59. The summed E-state index contributed by atoms with van der Waals surface area (Å²) in [6.07, 6.45) is 2.35. The summed E-state index contributed by atoms with van der Waals surface area (Å²) in [5.41, 5.74) is 0.766. The second kappa shape index (κ2) is 7.81. The Morgan fingerprint density at radius 3 is 2.12 bits per heavy atom. The number of benzene rings is 1. The van der Waals surface area contributed by atoms with E-state index in [4.69, 9.17) is 5.11 Å². The molecule has 0 saturated heterocycles. The van der Waals surface area contributed by atoms with Crippen LogP contribution in [0.2, 0.25) is 0 Å². The highest BCUT2D eigenvalue weighted by Gasteiger charge is 2.30. The number of anilines is 1. The number of nitrogens with zero attached hydrogens (tertiary/aromatic N) is 3. The third-order valence-corrected chi connectivity index (χ3v) is 3.37. The number of carbonyl (C=O) groups is 1. The minimum atomic E-state index is -4.43. The number of carboxylic acids is 1. The minimum Gasteiger partial charge on any atom is -0.478 e. The van der Waals surface area contributed by atoms with Gasteiger partial charge in [-0.3, -0.25) is 0 Å². The molecule has 1 aromatic carbocycles. The van der Waals surface area contributed by atoms with Crippen molar-refractivity contribution in [3.8, 4) is 0 Å². The van der Waals surface area contributed by atoms with E-state index >= 15 is 0 Å². The molecule has 0 aliphatic rings. The van der Waals surface area contributed by atoms with E-state index in [0.717, 1.165) is 18.2 Å². The van der Waals surface area contributed by atoms with Crippen LogP contribution in [0.3, 0.4) is 0 Å². The molecule has 0 aliphatic heterocycles. The molecular weight excluding hydrogens is 347 g/mol. The molecule has 5 nitrogen and oxygen atoms in total. The first-order valence-electron chi connectivity index (χ1n) is 7.47. The van der Waals surface area contributed by atoms with Gasteiger partial charge in [0.15, 0.2) is 0 Å². The maximum absolute atomic E-state index is 12.7. The molecule has 0 atom stereocenters. The van der Waals surface area contributed by atoms with Crippen LogP contribution in [-0.4, -0.2) is 35.1 Å². The van der Waals surface area contributed by atoms with E-state index in [2.05, 4.69) is 9.97 Å². The van der Waals surface area contributed by atoms with Crippen molar-refractivity contribution < 1.29 is 23.1 Å². The number of carboxylic acid groups (broad SMARTS) is 1. The molecule has 0 fully saturated rings. The van der Waals surface area contributed by atoms with Crippen molar-refractivity contribution in [3.63, 3.8) is 0 Å². The highest BCUT2D eigenvalue weighted by Crippen LogP contribution is 2.31. The number of rotatable bonds is 5. The topological polar surface area (TPSA) is 66.3 Å². The van der Waals surface area contributed by atoms with E-state index in [1.54, 1.807) is 19.0 Å². The van der Waals surface area contributed by atoms with Crippen LogP contribution in [-0.2, 0) is 11.0 Å². The second-order valence-electron chi connectivity index (χ2n) is 5.52. The largest absolute Gasteiger partial charge is 0.478 e. The van der Waals surface area contributed by atoms with Gasteiger partial charge in [0.05, 0.1) is 5.56 Å². The smallest absolute Gasteiger partial charge is 0.416 e. The fraction of sp³-hybridized carbons (Fsp3) is 0.167. The van der Waals surface area contributed by atoms with Gasteiger partial charge < -0.3 is 10.0 Å². The van der Waals surface area contributed by atoms with Gasteiger partial charge in [0.2, 0.25) is 5.95 Å². The Morgan fingerprint density at radius 1 is 1.08 bits per heavy atom. The third-order valence-electron chi connectivity index (χ3n) is 3.37. The maximum atomic E-state index is 12.7. The summed E-state index contributed by atoms with van der Waals surface area (Å²) < 4.78 is 38.2. The molecule has 0 aliphatic carbocycles. The Kier molecular flexibility index (Phi) is 5.76. The summed E-state index contributed by atoms with van der Waals surface area (Å²) in [5, 5.41) is 8.72. The lowest BCUT2D eigenvalue weighted by Crippen LogP contribution is -2.12. The van der Waals surface area contributed by atoms with Crippen molar-refractivity contribution in [3.05, 3.63) is 71.6 Å². The molecule has 2 aromatic rings. The van der Waals surface area contributed by atoms with Crippen molar-refractivity contribution >= 4 is 17.5 Å². The number of allylic oxidation sites excluding steroid dienone is 2. The van der Waals surface area contributed by atoms with Gasteiger partial charge >= 0.3 is 12.1 Å². The number of halogens is 3. The highest BCUT2D eigenvalue weighted by atomic mass is 19.4. The Hall–Kier alpha value is -3.16. The molecule has 2 rings (SSSR count). The lowest BCUT2D eigenvalue weighted by Gasteiger charge is -2.12. The van der Waals surface area contributed by atoms with Gasteiger partial charge in [-0.2, -0.15) is 13.2 Å². The summed E-state index contributed by atoms with van der Waals surface area (Å²) in [6.45, 7) is 0. The zero-order valence-corrected chi connectivity index (χ0v) is 14.0. The van der Waals surface area contributed by atoms with Crippen LogP contribution in [0.4, 0.5) is 19.1 Å². The zero-order valence-electron chi connectivity index (χ0n) is 14.0. The van der Waals surface area contributed by atoms with Gasteiger partial charge in [0, 0.05) is 38.1 Å². The van der Waals surface area contributed by atoms with Gasteiger partial charge in [0.25, 0.3) is 0 Å². The molecule has 0 amide bonds. The number of hydrogen-bond donors (Lipinski definition) is 1. The lowest BCUT2D eigenvalue weighted by molar-refractivity contribution is -0.137. The predicted octanol–water partition coefficient (Wildman–Crippen LogP) is 3.63. The van der Waals surface area contributed by atoms with Crippen molar-refractivity contribution in [2.75, 3.05) is 19.0 Å². The van der Waals surface area contributed by atoms with Gasteiger partial charge in [0.1, 0.15) is 0 Å². The molecule has 136 valence electrons. The number of hydrogen-bond acceptors (Lipinski definition) is 4. The fourth-order valence-electron chi connectivity index (χ4n) is 2.12. The molecule has 0 unspecified atom stereocenters. The maximum Gasteiger partial charge on any atom is 0.416 e. The quantitative estimate of drug-likeness (QED) is 0.649. The molecule has 8 heteroatoms. The highest BCUT2D eigenvalue weighted by molar-refractivity contribution is 5.83. The molecular formula is C18H16F3N3O2. The summed E-state index contributed by atoms with van der Waals surface area (Å²) in [4.78, 5) is 20.7. The Bertz CT molecular complexity index is 824. The first-order valence-corrected chi connectivity index (χ1v) is 7.47. The summed E-state index contributed by atoms with van der Waals surface area (Å²) in [5.74, 6) is -0.658. The van der Waals surface area contributed by atoms with Crippen molar-refractivity contribution in [2.45, 2.75) is 6.18 Å². The van der Waals surface area contributed by atoms with E-state index in [1.165, 1.54) is 36.7 Å². The zero-order chi connectivity index (χ0) is 19.3. The molecule has 1 aromatic heterocycles. The standard InChI is InChI=1S/C18H16F3N3O2/c1-24(2)17-22-10-13(11-23-17)15(4-3-5-16(25)26)12-6-8-14(9-7-12)18(19,20)21/h3-11H,1-2H3,(H,25,26)/b5-3+,15-4-. The van der Waals surface area contributed by atoms with Crippen molar-refractivity contribution in [1.29, 1.82) is 0 Å². The first-order chi connectivity index (χ1) is 12.2. The van der Waals surface area contributed by atoms with Crippen molar-refractivity contribution in [2.24, 2.45) is 0 Å². The Labute approximate surface area is 148 Å². The monoisotopic (exact) mass is 363 g/mol. The normalized spacial score (nSPS) is 12.4. The molecule has 1 heterocycles. The van der Waals surface area contributed by atoms with Gasteiger partial charge in [-0.1, -0.05) is 24.3 Å². The number of aliphatic carboxylic acids is 1. The third kappa shape index (κ3) is 4.92. The van der Waals surface area contributed by atoms with E-state index in [9.17, 15) is 18.0 Å². The van der Waals surface area contributed by atoms with Crippen LogP contribution >= 0.6 is 0 Å². The minimum absolute atomic E-state index is 0.474. The van der Waals surface area contributed by atoms with Gasteiger partial charge in [-0.25, -0.2) is 14.8 Å². The summed E-state index contributed by atoms with van der Waals surface area (Å²) in [7, 11) is 3.55. The average molecular weight is 363 g/mol. The predicted molar refractivity (Wildman–Crippen MR) is 91.7 cm³/mol. The van der Waals surface area contributed by atoms with Crippen LogP contribution in [0.1, 0.15) is 16.7 Å². The van der Waals surface area contributed by atoms with Crippen LogP contribution < -0.4 is 4.90 Å². The van der Waals surface area contributed by atoms with E-state index < -0.39 is 17.7 Å². The van der Waals surface area contributed by atoms with Crippen LogP contribution in [0.5, 0.6) is 0 Å². The molecule has 0 saturated carbocycles. The number of alkyl halides is 3. The lowest BCUT2D eigenvalue weighted by atomic mass is 9.98. The molecule has 1 N–H and O–H groups in total. The Balaban J connectivity index is 2.46. The van der Waals surface area contributed by atoms with Crippen LogP contribution in [0, 0.1) is 0 Å². The molecule has 0 spiro atoms. The first kappa shape index (κ1) is 19.2. The van der Waals surface area contributed by atoms with Crippen LogP contribution in [0.25, 0.3) is 5.57 Å². The van der Waals surface area contributed by atoms with Gasteiger partial charge in [-0.05, 0) is 23.3 Å². The molecule has 0 bridgehead atoms. The second-order valence-corrected chi connectivity index (χ2v) is 5.52. The van der Waals surface area contributed by atoms with Crippen molar-refractivity contribution in [1.82, 2.24) is 9.97 Å². The average Bonchev–Trinajstić information content (AvgIpc) is 2.58. The number of aromatic nitrogens is 2. The summed E-state index contributed by atoms with van der Waals surface area (Å²) >= 11 is 0. The molecule has 0 radical (unpaired) electrons. The SMILES string of the molecule is CN(C)c1ncc(/C(=C\C=C\C(=O)O)c2ccc(C(F)(F)F)cc2)cn1. The Morgan fingerprint density at radius 2 is 1.65 bits per heavy atom. The van der Waals surface area contributed by atoms with Crippen LogP contribution in [0.15, 0.2) is 54.9 Å². The fourth-order valence-corrected chi connectivity index (χ4v) is 2.12. The molecule has 26 heavy (non-hydrogen) atoms. The van der Waals surface area contributed by atoms with E-state index in [-0.39, 0.29) is 0 Å².